The van der Waals surface area contributed by atoms with Crippen LogP contribution in [0.2, 0.25) is 5.02 Å². The van der Waals surface area contributed by atoms with Gasteiger partial charge in [0.15, 0.2) is 0 Å². The van der Waals surface area contributed by atoms with Gasteiger partial charge in [0, 0.05) is 13.0 Å². The molecule has 4 heteroatoms. The molecule has 2 N–H and O–H groups in total. The Hall–Kier alpha value is -0.670. The molecule has 1 fully saturated rings. The van der Waals surface area contributed by atoms with Crippen LogP contribution in [0.25, 0.3) is 0 Å². The van der Waals surface area contributed by atoms with Crippen LogP contribution in [0.15, 0.2) is 18.2 Å². The molecule has 1 saturated carbocycles. The molecule has 0 spiro atoms. The van der Waals surface area contributed by atoms with Crippen molar-refractivity contribution in [2.45, 2.75) is 24.9 Å². The Bertz CT molecular complexity index is 393. The predicted octanol–water partition coefficient (Wildman–Crippen LogP) is 3.10. The van der Waals surface area contributed by atoms with E-state index in [1.165, 1.54) is 12.1 Å². The summed E-state index contributed by atoms with van der Waals surface area (Å²) in [5.41, 5.74) is 4.82. The van der Waals surface area contributed by atoms with Crippen LogP contribution in [0.3, 0.4) is 0 Å². The van der Waals surface area contributed by atoms with Gasteiger partial charge in [-0.25, -0.2) is 8.78 Å². The highest BCUT2D eigenvalue weighted by molar-refractivity contribution is 6.30. The minimum atomic E-state index is -1.36. The summed E-state index contributed by atoms with van der Waals surface area (Å²) in [7, 11) is 0. The first-order valence-corrected chi connectivity index (χ1v) is 5.76. The van der Waals surface area contributed by atoms with Crippen LogP contribution in [0.1, 0.15) is 18.4 Å². The molecule has 0 aromatic heterocycles. The highest BCUT2D eigenvalue weighted by Crippen LogP contribution is 2.43. The predicted molar refractivity (Wildman–Crippen MR) is 60.7 cm³/mol. The minimum Gasteiger partial charge on any atom is -0.328 e. The van der Waals surface area contributed by atoms with Gasteiger partial charge in [-0.15, -0.1) is 0 Å². The second-order valence-electron chi connectivity index (χ2n) is 4.44. The summed E-state index contributed by atoms with van der Waals surface area (Å²) < 4.78 is 27.3. The zero-order valence-electron chi connectivity index (χ0n) is 8.85. The normalized spacial score (nSPS) is 19.5. The summed E-state index contributed by atoms with van der Waals surface area (Å²) in [4.78, 5) is 0. The fourth-order valence-corrected chi connectivity index (χ4v) is 2.18. The minimum absolute atomic E-state index is 0.00661. The van der Waals surface area contributed by atoms with E-state index in [1.807, 2.05) is 0 Å². The lowest BCUT2D eigenvalue weighted by molar-refractivity contribution is 0.142. The number of rotatable bonds is 4. The van der Waals surface area contributed by atoms with Crippen LogP contribution in [0.4, 0.5) is 8.78 Å². The Morgan fingerprint density at radius 3 is 2.62 bits per heavy atom. The number of alkyl halides is 1. The summed E-state index contributed by atoms with van der Waals surface area (Å²) >= 11 is 5.65. The molecule has 0 amide bonds. The Labute approximate surface area is 98.6 Å². The maximum atomic E-state index is 14.4. The van der Waals surface area contributed by atoms with Crippen LogP contribution in [-0.4, -0.2) is 12.2 Å². The van der Waals surface area contributed by atoms with Crippen molar-refractivity contribution in [3.63, 3.8) is 0 Å². The molecule has 88 valence electrons. The lowest BCUT2D eigenvalue weighted by Gasteiger charge is -2.23. The Morgan fingerprint density at radius 2 is 2.12 bits per heavy atom. The first kappa shape index (κ1) is 11.8. The first-order chi connectivity index (χ1) is 7.55. The standard InChI is InChI=1S/C12H14ClF2N/c13-10-5-8(1-4-11(10)14)6-12(15,7-16)9-2-3-9/h1,4-5,9H,2-3,6-7,16H2. The van der Waals surface area contributed by atoms with E-state index in [2.05, 4.69) is 0 Å². The van der Waals surface area contributed by atoms with E-state index in [0.29, 0.717) is 5.56 Å². The van der Waals surface area contributed by atoms with Gasteiger partial charge < -0.3 is 5.73 Å². The highest BCUT2D eigenvalue weighted by Gasteiger charge is 2.44. The molecule has 16 heavy (non-hydrogen) atoms. The van der Waals surface area contributed by atoms with Crippen LogP contribution in [0.5, 0.6) is 0 Å². The molecule has 1 unspecified atom stereocenters. The number of nitrogens with two attached hydrogens (primary N) is 1. The summed E-state index contributed by atoms with van der Waals surface area (Å²) in [5.74, 6) is -0.421. The molecule has 0 heterocycles. The van der Waals surface area contributed by atoms with Crippen molar-refractivity contribution < 1.29 is 8.78 Å². The fourth-order valence-electron chi connectivity index (χ4n) is 1.97. The van der Waals surface area contributed by atoms with Crippen molar-refractivity contribution in [1.82, 2.24) is 0 Å². The average molecular weight is 246 g/mol. The molecule has 1 atom stereocenters. The molecular formula is C12H14ClF2N. The topological polar surface area (TPSA) is 26.0 Å². The lowest BCUT2D eigenvalue weighted by Crippen LogP contribution is -2.37. The number of hydrogen-bond donors (Lipinski definition) is 1. The molecule has 1 aliphatic rings. The maximum absolute atomic E-state index is 14.4. The SMILES string of the molecule is NCC(F)(Cc1ccc(F)c(Cl)c1)C1CC1. The van der Waals surface area contributed by atoms with Gasteiger partial charge in [-0.05, 0) is 36.5 Å². The molecule has 1 aliphatic carbocycles. The molecule has 0 aliphatic heterocycles. The molecule has 0 saturated heterocycles. The van der Waals surface area contributed by atoms with Gasteiger partial charge in [-0.1, -0.05) is 17.7 Å². The van der Waals surface area contributed by atoms with Gasteiger partial charge in [0.1, 0.15) is 11.5 Å². The smallest absolute Gasteiger partial charge is 0.141 e. The maximum Gasteiger partial charge on any atom is 0.141 e. The van der Waals surface area contributed by atoms with Gasteiger partial charge in [-0.3, -0.25) is 0 Å². The van der Waals surface area contributed by atoms with Gasteiger partial charge in [0.05, 0.1) is 5.02 Å². The van der Waals surface area contributed by atoms with Crippen LogP contribution in [-0.2, 0) is 6.42 Å². The summed E-state index contributed by atoms with van der Waals surface area (Å²) in [5, 5.41) is 0.0349. The van der Waals surface area contributed by atoms with Crippen molar-refractivity contribution in [3.05, 3.63) is 34.6 Å². The van der Waals surface area contributed by atoms with Gasteiger partial charge in [0.2, 0.25) is 0 Å². The molecule has 0 bridgehead atoms. The van der Waals surface area contributed by atoms with Crippen LogP contribution in [0, 0.1) is 11.7 Å². The van der Waals surface area contributed by atoms with Crippen LogP contribution < -0.4 is 5.73 Å². The van der Waals surface area contributed by atoms with E-state index in [4.69, 9.17) is 17.3 Å². The number of halogens is 3. The molecule has 1 nitrogen and oxygen atoms in total. The van der Waals surface area contributed by atoms with E-state index in [9.17, 15) is 8.78 Å². The van der Waals surface area contributed by atoms with Crippen LogP contribution >= 0.6 is 11.6 Å². The average Bonchev–Trinajstić information content (AvgIpc) is 3.07. The van der Waals surface area contributed by atoms with E-state index in [0.717, 1.165) is 12.8 Å². The summed E-state index contributed by atoms with van der Waals surface area (Å²) in [6.45, 7) is 0.00661. The monoisotopic (exact) mass is 245 g/mol. The lowest BCUT2D eigenvalue weighted by atomic mass is 9.91. The third kappa shape index (κ3) is 2.36. The van der Waals surface area contributed by atoms with Crippen molar-refractivity contribution >= 4 is 11.6 Å². The van der Waals surface area contributed by atoms with Crippen molar-refractivity contribution in [1.29, 1.82) is 0 Å². The zero-order valence-corrected chi connectivity index (χ0v) is 9.61. The van der Waals surface area contributed by atoms with Crippen molar-refractivity contribution in [2.75, 3.05) is 6.54 Å². The van der Waals surface area contributed by atoms with Gasteiger partial charge >= 0.3 is 0 Å². The number of hydrogen-bond acceptors (Lipinski definition) is 1. The second kappa shape index (κ2) is 4.30. The fraction of sp³-hybridized carbons (Fsp3) is 0.500. The number of benzene rings is 1. The Kier molecular flexibility index (Phi) is 3.17. The Balaban J connectivity index is 2.15. The highest BCUT2D eigenvalue weighted by atomic mass is 35.5. The second-order valence-corrected chi connectivity index (χ2v) is 4.85. The summed E-state index contributed by atoms with van der Waals surface area (Å²) in [6, 6.07) is 4.30. The third-order valence-electron chi connectivity index (χ3n) is 3.13. The largest absolute Gasteiger partial charge is 0.328 e. The van der Waals surface area contributed by atoms with Crippen molar-refractivity contribution in [2.24, 2.45) is 11.7 Å². The van der Waals surface area contributed by atoms with E-state index < -0.39 is 11.5 Å². The van der Waals surface area contributed by atoms with Gasteiger partial charge in [0.25, 0.3) is 0 Å². The first-order valence-electron chi connectivity index (χ1n) is 5.38. The van der Waals surface area contributed by atoms with Gasteiger partial charge in [-0.2, -0.15) is 0 Å². The van der Waals surface area contributed by atoms with E-state index in [-0.39, 0.29) is 23.9 Å². The molecule has 1 aromatic carbocycles. The third-order valence-corrected chi connectivity index (χ3v) is 3.42. The molecular weight excluding hydrogens is 232 g/mol. The molecule has 1 aromatic rings. The summed E-state index contributed by atoms with van der Waals surface area (Å²) in [6.07, 6.45) is 2.00. The van der Waals surface area contributed by atoms with Crippen molar-refractivity contribution in [3.8, 4) is 0 Å². The molecule has 2 rings (SSSR count). The quantitative estimate of drug-likeness (QED) is 0.867. The van der Waals surface area contributed by atoms with E-state index >= 15 is 0 Å². The Morgan fingerprint density at radius 1 is 1.44 bits per heavy atom. The van der Waals surface area contributed by atoms with E-state index in [1.54, 1.807) is 6.07 Å². The molecule has 0 radical (unpaired) electrons. The zero-order chi connectivity index (χ0) is 11.8.